The zero-order valence-corrected chi connectivity index (χ0v) is 15.3. The minimum atomic E-state index is -3.27. The first-order valence-corrected chi connectivity index (χ1v) is 10.1. The SMILES string of the molecule is CC(Cc1ccccc1F)C(=O)Nc1cccc(N2CCCS2(=O)=O)c1. The van der Waals surface area contributed by atoms with Gasteiger partial charge in [0.25, 0.3) is 0 Å². The Morgan fingerprint density at radius 3 is 2.69 bits per heavy atom. The summed E-state index contributed by atoms with van der Waals surface area (Å²) in [5.41, 5.74) is 1.56. The summed E-state index contributed by atoms with van der Waals surface area (Å²) in [4.78, 5) is 12.4. The van der Waals surface area contributed by atoms with Gasteiger partial charge in [-0.05, 0) is 42.7 Å². The van der Waals surface area contributed by atoms with Gasteiger partial charge in [-0.25, -0.2) is 12.8 Å². The van der Waals surface area contributed by atoms with Crippen molar-refractivity contribution in [2.75, 3.05) is 21.9 Å². The van der Waals surface area contributed by atoms with Crippen molar-refractivity contribution in [2.24, 2.45) is 5.92 Å². The lowest BCUT2D eigenvalue weighted by atomic mass is 10.00. The molecule has 0 bridgehead atoms. The number of nitrogens with one attached hydrogen (secondary N) is 1. The van der Waals surface area contributed by atoms with Crippen molar-refractivity contribution in [3.8, 4) is 0 Å². The van der Waals surface area contributed by atoms with Gasteiger partial charge in [0, 0.05) is 18.2 Å². The van der Waals surface area contributed by atoms with Crippen LogP contribution in [0.1, 0.15) is 18.9 Å². The van der Waals surface area contributed by atoms with Crippen molar-refractivity contribution in [1.82, 2.24) is 0 Å². The molecule has 1 aliphatic heterocycles. The molecule has 26 heavy (non-hydrogen) atoms. The zero-order chi connectivity index (χ0) is 18.7. The molecule has 1 atom stereocenters. The minimum absolute atomic E-state index is 0.142. The summed E-state index contributed by atoms with van der Waals surface area (Å²) < 4.78 is 39.2. The molecular formula is C19H21FN2O3S. The molecule has 1 heterocycles. The molecule has 2 aromatic rings. The lowest BCUT2D eigenvalue weighted by Crippen LogP contribution is -2.25. The summed E-state index contributed by atoms with van der Waals surface area (Å²) in [7, 11) is -3.27. The molecule has 138 valence electrons. The molecule has 1 unspecified atom stereocenters. The largest absolute Gasteiger partial charge is 0.326 e. The van der Waals surface area contributed by atoms with Crippen LogP contribution in [0.2, 0.25) is 0 Å². The Labute approximate surface area is 152 Å². The third kappa shape index (κ3) is 4.04. The predicted octanol–water partition coefficient (Wildman–Crippen LogP) is 3.18. The molecule has 0 aliphatic carbocycles. The van der Waals surface area contributed by atoms with E-state index in [2.05, 4.69) is 5.32 Å². The molecule has 1 N–H and O–H groups in total. The van der Waals surface area contributed by atoms with E-state index in [1.165, 1.54) is 10.4 Å². The van der Waals surface area contributed by atoms with Crippen LogP contribution in [0.3, 0.4) is 0 Å². The highest BCUT2D eigenvalue weighted by Crippen LogP contribution is 2.26. The van der Waals surface area contributed by atoms with Gasteiger partial charge in [-0.15, -0.1) is 0 Å². The second kappa shape index (κ2) is 7.45. The lowest BCUT2D eigenvalue weighted by Gasteiger charge is -2.18. The number of hydrogen-bond donors (Lipinski definition) is 1. The van der Waals surface area contributed by atoms with Crippen LogP contribution in [0.4, 0.5) is 15.8 Å². The van der Waals surface area contributed by atoms with Gasteiger partial charge in [0.05, 0.1) is 11.4 Å². The average Bonchev–Trinajstić information content (AvgIpc) is 2.96. The molecule has 5 nitrogen and oxygen atoms in total. The van der Waals surface area contributed by atoms with Crippen molar-refractivity contribution < 1.29 is 17.6 Å². The zero-order valence-electron chi connectivity index (χ0n) is 14.5. The minimum Gasteiger partial charge on any atom is -0.326 e. The third-order valence-electron chi connectivity index (χ3n) is 4.43. The van der Waals surface area contributed by atoms with Crippen LogP contribution in [0.15, 0.2) is 48.5 Å². The Bertz CT molecular complexity index is 915. The second-order valence-electron chi connectivity index (χ2n) is 6.48. The Balaban J connectivity index is 1.70. The van der Waals surface area contributed by atoms with Gasteiger partial charge in [-0.1, -0.05) is 31.2 Å². The van der Waals surface area contributed by atoms with Crippen LogP contribution >= 0.6 is 0 Å². The van der Waals surface area contributed by atoms with Crippen LogP contribution in [-0.2, 0) is 21.2 Å². The van der Waals surface area contributed by atoms with E-state index in [0.29, 0.717) is 36.3 Å². The van der Waals surface area contributed by atoms with Gasteiger partial charge in [-0.2, -0.15) is 0 Å². The second-order valence-corrected chi connectivity index (χ2v) is 8.49. The van der Waals surface area contributed by atoms with E-state index in [0.717, 1.165) is 0 Å². The summed E-state index contributed by atoms with van der Waals surface area (Å²) in [5.74, 6) is -0.849. The molecule has 7 heteroatoms. The predicted molar refractivity (Wildman–Crippen MR) is 100 cm³/mol. The maximum atomic E-state index is 13.7. The highest BCUT2D eigenvalue weighted by Gasteiger charge is 2.28. The van der Waals surface area contributed by atoms with Gasteiger partial charge in [0.1, 0.15) is 5.82 Å². The molecule has 0 aromatic heterocycles. The first kappa shape index (κ1) is 18.4. The summed E-state index contributed by atoms with van der Waals surface area (Å²) >= 11 is 0. The van der Waals surface area contributed by atoms with Gasteiger partial charge in [-0.3, -0.25) is 9.10 Å². The van der Waals surface area contributed by atoms with Crippen molar-refractivity contribution in [2.45, 2.75) is 19.8 Å². The van der Waals surface area contributed by atoms with E-state index >= 15 is 0 Å². The number of carbonyl (C=O) groups is 1. The summed E-state index contributed by atoms with van der Waals surface area (Å²) in [6.07, 6.45) is 0.886. The Morgan fingerprint density at radius 2 is 2.00 bits per heavy atom. The number of hydrogen-bond acceptors (Lipinski definition) is 3. The molecule has 1 fully saturated rings. The Kier molecular flexibility index (Phi) is 5.27. The maximum Gasteiger partial charge on any atom is 0.235 e. The fourth-order valence-electron chi connectivity index (χ4n) is 3.02. The third-order valence-corrected chi connectivity index (χ3v) is 6.30. The lowest BCUT2D eigenvalue weighted by molar-refractivity contribution is -0.119. The van der Waals surface area contributed by atoms with Gasteiger partial charge < -0.3 is 5.32 Å². The number of sulfonamides is 1. The van der Waals surface area contributed by atoms with Crippen LogP contribution in [0, 0.1) is 11.7 Å². The Hall–Kier alpha value is -2.41. The maximum absolute atomic E-state index is 13.7. The highest BCUT2D eigenvalue weighted by atomic mass is 32.2. The van der Waals surface area contributed by atoms with Crippen LogP contribution in [0.25, 0.3) is 0 Å². The molecule has 0 spiro atoms. The first-order valence-electron chi connectivity index (χ1n) is 8.51. The fraction of sp³-hybridized carbons (Fsp3) is 0.316. The number of benzene rings is 2. The molecule has 0 saturated carbocycles. The highest BCUT2D eigenvalue weighted by molar-refractivity contribution is 7.93. The van der Waals surface area contributed by atoms with E-state index < -0.39 is 15.9 Å². The number of anilines is 2. The fourth-order valence-corrected chi connectivity index (χ4v) is 4.58. The van der Waals surface area contributed by atoms with E-state index in [1.54, 1.807) is 49.4 Å². The first-order chi connectivity index (χ1) is 12.4. The van der Waals surface area contributed by atoms with E-state index in [1.807, 2.05) is 0 Å². The van der Waals surface area contributed by atoms with Crippen molar-refractivity contribution in [3.05, 3.63) is 59.9 Å². The molecule has 1 amide bonds. The number of nitrogens with zero attached hydrogens (tertiary/aromatic N) is 1. The summed E-state index contributed by atoms with van der Waals surface area (Å²) in [6, 6.07) is 13.2. The van der Waals surface area contributed by atoms with Crippen LogP contribution in [0.5, 0.6) is 0 Å². The molecule has 1 aliphatic rings. The number of rotatable bonds is 5. The quantitative estimate of drug-likeness (QED) is 0.872. The van der Waals surface area contributed by atoms with Crippen molar-refractivity contribution >= 4 is 27.3 Å². The molecule has 3 rings (SSSR count). The molecular weight excluding hydrogens is 355 g/mol. The van der Waals surface area contributed by atoms with Crippen molar-refractivity contribution in [1.29, 1.82) is 0 Å². The van der Waals surface area contributed by atoms with E-state index in [-0.39, 0.29) is 17.5 Å². The van der Waals surface area contributed by atoms with Crippen LogP contribution < -0.4 is 9.62 Å². The molecule has 2 aromatic carbocycles. The monoisotopic (exact) mass is 376 g/mol. The normalized spacial score (nSPS) is 17.1. The van der Waals surface area contributed by atoms with E-state index in [9.17, 15) is 17.6 Å². The average molecular weight is 376 g/mol. The summed E-state index contributed by atoms with van der Waals surface area (Å²) in [6.45, 7) is 2.18. The Morgan fingerprint density at radius 1 is 1.23 bits per heavy atom. The van der Waals surface area contributed by atoms with Crippen molar-refractivity contribution in [3.63, 3.8) is 0 Å². The molecule has 1 saturated heterocycles. The van der Waals surface area contributed by atoms with Gasteiger partial charge in [0.2, 0.25) is 15.9 Å². The summed E-state index contributed by atoms with van der Waals surface area (Å²) in [5, 5.41) is 2.79. The number of amides is 1. The number of carbonyl (C=O) groups excluding carboxylic acids is 1. The van der Waals surface area contributed by atoms with E-state index in [4.69, 9.17) is 0 Å². The molecule has 0 radical (unpaired) electrons. The topological polar surface area (TPSA) is 66.5 Å². The van der Waals surface area contributed by atoms with Gasteiger partial charge in [0.15, 0.2) is 0 Å². The smallest absolute Gasteiger partial charge is 0.235 e. The standard InChI is InChI=1S/C19H21FN2O3S/c1-14(12-15-6-2-3-9-18(15)20)19(23)21-16-7-4-8-17(13-16)22-10-5-11-26(22,24)25/h2-4,6-9,13-14H,5,10-12H2,1H3,(H,21,23). The number of halogens is 1. The van der Waals surface area contributed by atoms with Gasteiger partial charge >= 0.3 is 0 Å². The van der Waals surface area contributed by atoms with Crippen LogP contribution in [-0.4, -0.2) is 26.6 Å².